The van der Waals surface area contributed by atoms with E-state index < -0.39 is 0 Å². The van der Waals surface area contributed by atoms with Crippen LogP contribution in [0, 0.1) is 0 Å². The first-order valence-electron chi connectivity index (χ1n) is 5.85. The Labute approximate surface area is 114 Å². The van der Waals surface area contributed by atoms with E-state index in [0.29, 0.717) is 31.9 Å². The van der Waals surface area contributed by atoms with Crippen molar-refractivity contribution in [3.05, 3.63) is 22.4 Å². The number of aromatic nitrogens is 1. The minimum Gasteiger partial charge on any atom is -0.345 e. The predicted octanol–water partition coefficient (Wildman–Crippen LogP) is 1.09. The van der Waals surface area contributed by atoms with Crippen molar-refractivity contribution < 1.29 is 9.59 Å². The molecular weight excluding hydrogens is 298 g/mol. The van der Waals surface area contributed by atoms with Crippen LogP contribution in [0.1, 0.15) is 17.4 Å². The number of carbonyl (C=O) groups excluding carboxylic acids is 2. The molecule has 0 unspecified atom stereocenters. The van der Waals surface area contributed by atoms with Gasteiger partial charge in [0.15, 0.2) is 0 Å². The molecule has 1 aliphatic rings. The van der Waals surface area contributed by atoms with Crippen LogP contribution in [0.2, 0.25) is 0 Å². The highest BCUT2D eigenvalue weighted by atomic mass is 79.9. The zero-order chi connectivity index (χ0) is 13.3. The van der Waals surface area contributed by atoms with Gasteiger partial charge in [0.25, 0.3) is 5.91 Å². The van der Waals surface area contributed by atoms with Crippen molar-refractivity contribution in [3.63, 3.8) is 0 Å². The zero-order valence-corrected chi connectivity index (χ0v) is 12.1. The van der Waals surface area contributed by atoms with Gasteiger partial charge in [-0.15, -0.1) is 0 Å². The van der Waals surface area contributed by atoms with E-state index in [1.807, 2.05) is 23.9 Å². The predicted molar refractivity (Wildman–Crippen MR) is 71.3 cm³/mol. The molecule has 0 radical (unpaired) electrons. The number of amides is 2. The molecule has 0 spiro atoms. The molecule has 18 heavy (non-hydrogen) atoms. The molecule has 1 aliphatic heterocycles. The summed E-state index contributed by atoms with van der Waals surface area (Å²) in [4.78, 5) is 27.1. The van der Waals surface area contributed by atoms with Gasteiger partial charge in [-0.1, -0.05) is 0 Å². The molecule has 1 aromatic rings. The lowest BCUT2D eigenvalue weighted by Gasteiger charge is -2.34. The molecule has 0 aliphatic carbocycles. The van der Waals surface area contributed by atoms with Crippen molar-refractivity contribution in [1.82, 2.24) is 14.4 Å². The van der Waals surface area contributed by atoms with Gasteiger partial charge in [-0.05, 0) is 22.0 Å². The van der Waals surface area contributed by atoms with E-state index in [1.165, 1.54) is 0 Å². The SMILES string of the molecule is CC(=O)N1CCN(C(=O)c2cc(Br)cn2C)CC1. The second kappa shape index (κ2) is 5.14. The molecule has 2 heterocycles. The number of piperazine rings is 1. The Balaban J connectivity index is 2.04. The maximum atomic E-state index is 12.3. The third kappa shape index (κ3) is 2.58. The number of carbonyl (C=O) groups is 2. The number of halogens is 1. The number of aryl methyl sites for hydroxylation is 1. The summed E-state index contributed by atoms with van der Waals surface area (Å²) >= 11 is 3.36. The van der Waals surface area contributed by atoms with Gasteiger partial charge in [0, 0.05) is 50.8 Å². The second-order valence-electron chi connectivity index (χ2n) is 4.45. The monoisotopic (exact) mass is 313 g/mol. The van der Waals surface area contributed by atoms with Crippen molar-refractivity contribution >= 4 is 27.7 Å². The quantitative estimate of drug-likeness (QED) is 0.779. The molecule has 0 atom stereocenters. The zero-order valence-electron chi connectivity index (χ0n) is 10.5. The molecule has 0 aromatic carbocycles. The maximum absolute atomic E-state index is 12.3. The van der Waals surface area contributed by atoms with Gasteiger partial charge in [0.1, 0.15) is 5.69 Å². The van der Waals surface area contributed by atoms with Gasteiger partial charge in [-0.25, -0.2) is 0 Å². The average molecular weight is 314 g/mol. The number of hydrogen-bond donors (Lipinski definition) is 0. The van der Waals surface area contributed by atoms with Gasteiger partial charge < -0.3 is 14.4 Å². The van der Waals surface area contributed by atoms with Crippen LogP contribution in [0.4, 0.5) is 0 Å². The summed E-state index contributed by atoms with van der Waals surface area (Å²) < 4.78 is 2.71. The normalized spacial score (nSPS) is 15.9. The lowest BCUT2D eigenvalue weighted by molar-refractivity contribution is -0.130. The summed E-state index contributed by atoms with van der Waals surface area (Å²) in [6.45, 7) is 3.99. The van der Waals surface area contributed by atoms with E-state index in [2.05, 4.69) is 15.9 Å². The van der Waals surface area contributed by atoms with E-state index in [-0.39, 0.29) is 11.8 Å². The van der Waals surface area contributed by atoms with Crippen molar-refractivity contribution in [2.24, 2.45) is 7.05 Å². The topological polar surface area (TPSA) is 45.6 Å². The Bertz CT molecular complexity index is 476. The second-order valence-corrected chi connectivity index (χ2v) is 5.37. The fraction of sp³-hybridized carbons (Fsp3) is 0.500. The van der Waals surface area contributed by atoms with Crippen molar-refractivity contribution in [2.75, 3.05) is 26.2 Å². The first kappa shape index (κ1) is 13.1. The molecular formula is C12H16BrN3O2. The van der Waals surface area contributed by atoms with Crippen molar-refractivity contribution in [2.45, 2.75) is 6.92 Å². The molecule has 2 rings (SSSR count). The van der Waals surface area contributed by atoms with Gasteiger partial charge >= 0.3 is 0 Å². The van der Waals surface area contributed by atoms with E-state index >= 15 is 0 Å². The van der Waals surface area contributed by atoms with Gasteiger partial charge in [-0.3, -0.25) is 9.59 Å². The smallest absolute Gasteiger partial charge is 0.270 e. The molecule has 0 N–H and O–H groups in total. The highest BCUT2D eigenvalue weighted by Crippen LogP contribution is 2.16. The third-order valence-corrected chi connectivity index (χ3v) is 3.64. The molecule has 2 amide bonds. The van der Waals surface area contributed by atoms with Crippen LogP contribution in [-0.2, 0) is 11.8 Å². The largest absolute Gasteiger partial charge is 0.345 e. The van der Waals surface area contributed by atoms with Crippen LogP contribution in [0.5, 0.6) is 0 Å². The van der Waals surface area contributed by atoms with Crippen LogP contribution in [0.3, 0.4) is 0 Å². The van der Waals surface area contributed by atoms with Crippen LogP contribution >= 0.6 is 15.9 Å². The van der Waals surface area contributed by atoms with E-state index in [0.717, 1.165) is 4.47 Å². The van der Waals surface area contributed by atoms with Crippen LogP contribution in [0.15, 0.2) is 16.7 Å². The molecule has 1 aromatic heterocycles. The fourth-order valence-corrected chi connectivity index (χ4v) is 2.65. The minimum atomic E-state index is 0.0198. The van der Waals surface area contributed by atoms with Crippen LogP contribution in [0.25, 0.3) is 0 Å². The Hall–Kier alpha value is -1.30. The standard InChI is InChI=1S/C12H16BrN3O2/c1-9(17)15-3-5-16(6-4-15)12(18)11-7-10(13)8-14(11)2/h7-8H,3-6H2,1-2H3. The molecule has 0 saturated carbocycles. The molecule has 5 nitrogen and oxygen atoms in total. The lowest BCUT2D eigenvalue weighted by atomic mass is 10.2. The lowest BCUT2D eigenvalue weighted by Crippen LogP contribution is -2.50. The summed E-state index contributed by atoms with van der Waals surface area (Å²) in [5.74, 6) is 0.0927. The number of rotatable bonds is 1. The summed E-state index contributed by atoms with van der Waals surface area (Å²) in [6.07, 6.45) is 1.86. The number of hydrogen-bond acceptors (Lipinski definition) is 2. The van der Waals surface area contributed by atoms with Crippen LogP contribution < -0.4 is 0 Å². The Kier molecular flexibility index (Phi) is 3.75. The van der Waals surface area contributed by atoms with Gasteiger partial charge in [0.05, 0.1) is 0 Å². The molecule has 1 fully saturated rings. The maximum Gasteiger partial charge on any atom is 0.270 e. The Morgan fingerprint density at radius 2 is 1.72 bits per heavy atom. The summed E-state index contributed by atoms with van der Waals surface area (Å²) in [7, 11) is 1.85. The van der Waals surface area contributed by atoms with Crippen molar-refractivity contribution in [1.29, 1.82) is 0 Å². The summed E-state index contributed by atoms with van der Waals surface area (Å²) in [6, 6.07) is 1.82. The summed E-state index contributed by atoms with van der Waals surface area (Å²) in [5.41, 5.74) is 0.665. The molecule has 0 bridgehead atoms. The molecule has 6 heteroatoms. The first-order valence-corrected chi connectivity index (χ1v) is 6.65. The van der Waals surface area contributed by atoms with E-state index in [1.54, 1.807) is 16.7 Å². The molecule has 98 valence electrons. The van der Waals surface area contributed by atoms with Crippen LogP contribution in [-0.4, -0.2) is 52.4 Å². The first-order chi connectivity index (χ1) is 8.49. The third-order valence-electron chi connectivity index (χ3n) is 3.20. The number of nitrogens with zero attached hydrogens (tertiary/aromatic N) is 3. The highest BCUT2D eigenvalue weighted by molar-refractivity contribution is 9.10. The Morgan fingerprint density at radius 1 is 1.17 bits per heavy atom. The van der Waals surface area contributed by atoms with Gasteiger partial charge in [0.2, 0.25) is 5.91 Å². The van der Waals surface area contributed by atoms with Crippen molar-refractivity contribution in [3.8, 4) is 0 Å². The van der Waals surface area contributed by atoms with E-state index in [9.17, 15) is 9.59 Å². The fourth-order valence-electron chi connectivity index (χ4n) is 2.12. The summed E-state index contributed by atoms with van der Waals surface area (Å²) in [5, 5.41) is 0. The Morgan fingerprint density at radius 3 is 2.17 bits per heavy atom. The van der Waals surface area contributed by atoms with E-state index in [4.69, 9.17) is 0 Å². The average Bonchev–Trinajstić information content (AvgIpc) is 2.67. The van der Waals surface area contributed by atoms with Gasteiger partial charge in [-0.2, -0.15) is 0 Å². The highest BCUT2D eigenvalue weighted by Gasteiger charge is 2.24. The minimum absolute atomic E-state index is 0.0198. The molecule has 1 saturated heterocycles.